The SMILES string of the molecule is CC(C)(C)OC(=O)NCC(=O)N[C@H]1CCNC1. The number of rotatable bonds is 3. The Kier molecular flexibility index (Phi) is 4.74. The molecule has 0 unspecified atom stereocenters. The van der Waals surface area contributed by atoms with Gasteiger partial charge in [-0.25, -0.2) is 4.79 Å². The molecule has 1 aliphatic heterocycles. The van der Waals surface area contributed by atoms with Gasteiger partial charge in [-0.15, -0.1) is 0 Å². The van der Waals surface area contributed by atoms with Crippen LogP contribution in [0.2, 0.25) is 0 Å². The lowest BCUT2D eigenvalue weighted by molar-refractivity contribution is -0.120. The van der Waals surface area contributed by atoms with E-state index >= 15 is 0 Å². The Morgan fingerprint density at radius 3 is 2.65 bits per heavy atom. The van der Waals surface area contributed by atoms with Gasteiger partial charge in [0.25, 0.3) is 0 Å². The molecule has 0 aromatic heterocycles. The molecule has 0 spiro atoms. The molecule has 1 heterocycles. The maximum absolute atomic E-state index is 11.5. The van der Waals surface area contributed by atoms with Gasteiger partial charge in [0.1, 0.15) is 12.1 Å². The largest absolute Gasteiger partial charge is 0.444 e. The van der Waals surface area contributed by atoms with Gasteiger partial charge < -0.3 is 20.7 Å². The minimum Gasteiger partial charge on any atom is -0.444 e. The standard InChI is InChI=1S/C11H21N3O3/c1-11(2,3)17-10(16)13-7-9(15)14-8-4-5-12-6-8/h8,12H,4-7H2,1-3H3,(H,13,16)(H,14,15)/t8-/m0/s1. The van der Waals surface area contributed by atoms with Crippen molar-refractivity contribution in [2.45, 2.75) is 38.8 Å². The number of alkyl carbamates (subject to hydrolysis) is 1. The van der Waals surface area contributed by atoms with E-state index in [2.05, 4.69) is 16.0 Å². The van der Waals surface area contributed by atoms with E-state index in [1.165, 1.54) is 0 Å². The molecule has 0 aliphatic carbocycles. The third kappa shape index (κ3) is 6.11. The van der Waals surface area contributed by atoms with Crippen molar-refractivity contribution in [1.29, 1.82) is 0 Å². The summed E-state index contributed by atoms with van der Waals surface area (Å²) in [6, 6.07) is 0.169. The fourth-order valence-corrected chi connectivity index (χ4v) is 1.52. The lowest BCUT2D eigenvalue weighted by atomic mass is 10.2. The minimum absolute atomic E-state index is 0.0502. The molecule has 1 rings (SSSR count). The number of carbonyl (C=O) groups is 2. The monoisotopic (exact) mass is 243 g/mol. The second-order valence-corrected chi connectivity index (χ2v) is 5.11. The molecule has 0 bridgehead atoms. The van der Waals surface area contributed by atoms with Gasteiger partial charge >= 0.3 is 6.09 Å². The highest BCUT2D eigenvalue weighted by Gasteiger charge is 2.19. The Morgan fingerprint density at radius 1 is 1.41 bits per heavy atom. The summed E-state index contributed by atoms with van der Waals surface area (Å²) in [5, 5.41) is 8.39. The first kappa shape index (κ1) is 13.8. The zero-order valence-corrected chi connectivity index (χ0v) is 10.6. The average molecular weight is 243 g/mol. The maximum atomic E-state index is 11.5. The zero-order chi connectivity index (χ0) is 12.9. The highest BCUT2D eigenvalue weighted by Crippen LogP contribution is 2.06. The third-order valence-corrected chi connectivity index (χ3v) is 2.22. The molecule has 0 saturated carbocycles. The van der Waals surface area contributed by atoms with Crippen molar-refractivity contribution < 1.29 is 14.3 Å². The highest BCUT2D eigenvalue weighted by atomic mass is 16.6. The summed E-state index contributed by atoms with van der Waals surface area (Å²) in [5.41, 5.74) is -0.546. The predicted molar refractivity (Wildman–Crippen MR) is 63.7 cm³/mol. The highest BCUT2D eigenvalue weighted by molar-refractivity contribution is 5.82. The summed E-state index contributed by atoms with van der Waals surface area (Å²) in [4.78, 5) is 22.7. The molecule has 1 fully saturated rings. The van der Waals surface area contributed by atoms with Crippen LogP contribution < -0.4 is 16.0 Å². The molecule has 6 heteroatoms. The van der Waals surface area contributed by atoms with Gasteiger partial charge in [-0.2, -0.15) is 0 Å². The number of amides is 2. The van der Waals surface area contributed by atoms with Gasteiger partial charge in [-0.3, -0.25) is 4.79 Å². The van der Waals surface area contributed by atoms with Crippen LogP contribution >= 0.6 is 0 Å². The van der Waals surface area contributed by atoms with Crippen LogP contribution in [0.25, 0.3) is 0 Å². The maximum Gasteiger partial charge on any atom is 0.408 e. The van der Waals surface area contributed by atoms with E-state index in [1.807, 2.05) is 0 Å². The van der Waals surface area contributed by atoms with E-state index in [9.17, 15) is 9.59 Å². The van der Waals surface area contributed by atoms with E-state index in [4.69, 9.17) is 4.74 Å². The first-order valence-electron chi connectivity index (χ1n) is 5.84. The van der Waals surface area contributed by atoms with E-state index in [0.29, 0.717) is 0 Å². The van der Waals surface area contributed by atoms with Crippen molar-refractivity contribution in [2.24, 2.45) is 0 Å². The Labute approximate surface area is 101 Å². The molecule has 2 amide bonds. The average Bonchev–Trinajstić information content (AvgIpc) is 2.64. The lowest BCUT2D eigenvalue weighted by Gasteiger charge is -2.19. The number of hydrogen-bond donors (Lipinski definition) is 3. The van der Waals surface area contributed by atoms with Crippen LogP contribution in [0.4, 0.5) is 4.79 Å². The van der Waals surface area contributed by atoms with Crippen LogP contribution in [0.3, 0.4) is 0 Å². The first-order chi connectivity index (χ1) is 7.87. The molecule has 0 radical (unpaired) electrons. The van der Waals surface area contributed by atoms with E-state index in [0.717, 1.165) is 19.5 Å². The summed E-state index contributed by atoms with van der Waals surface area (Å²) < 4.78 is 5.02. The molecule has 1 saturated heterocycles. The van der Waals surface area contributed by atoms with Crippen LogP contribution in [0.5, 0.6) is 0 Å². The second kappa shape index (κ2) is 5.86. The summed E-state index contributed by atoms with van der Waals surface area (Å²) in [6.07, 6.45) is 0.357. The van der Waals surface area contributed by atoms with Gasteiger partial charge in [0.2, 0.25) is 5.91 Å². The zero-order valence-electron chi connectivity index (χ0n) is 10.6. The Bertz CT molecular complexity index is 280. The topological polar surface area (TPSA) is 79.5 Å². The van der Waals surface area contributed by atoms with Crippen LogP contribution in [0.15, 0.2) is 0 Å². The number of nitrogens with one attached hydrogen (secondary N) is 3. The minimum atomic E-state index is -0.572. The van der Waals surface area contributed by atoms with E-state index in [-0.39, 0.29) is 18.5 Å². The number of ether oxygens (including phenoxy) is 1. The van der Waals surface area contributed by atoms with Crippen molar-refractivity contribution in [2.75, 3.05) is 19.6 Å². The summed E-state index contributed by atoms with van der Waals surface area (Å²) in [7, 11) is 0. The quantitative estimate of drug-likeness (QED) is 0.651. The molecule has 0 aromatic carbocycles. The van der Waals surface area contributed by atoms with Gasteiger partial charge in [0, 0.05) is 12.6 Å². The Balaban J connectivity index is 2.16. The Morgan fingerprint density at radius 2 is 2.12 bits per heavy atom. The molecule has 0 aromatic rings. The van der Waals surface area contributed by atoms with Crippen LogP contribution in [0, 0.1) is 0 Å². The van der Waals surface area contributed by atoms with Gasteiger partial charge in [0.05, 0.1) is 0 Å². The fourth-order valence-electron chi connectivity index (χ4n) is 1.52. The van der Waals surface area contributed by atoms with Gasteiger partial charge in [-0.1, -0.05) is 0 Å². The third-order valence-electron chi connectivity index (χ3n) is 2.22. The van der Waals surface area contributed by atoms with Crippen molar-refractivity contribution in [3.8, 4) is 0 Å². The molecule has 1 aliphatic rings. The second-order valence-electron chi connectivity index (χ2n) is 5.11. The van der Waals surface area contributed by atoms with Crippen LogP contribution in [-0.4, -0.2) is 43.3 Å². The Hall–Kier alpha value is -1.30. The predicted octanol–water partition coefficient (Wildman–Crippen LogP) is -0.0108. The van der Waals surface area contributed by atoms with Crippen LogP contribution in [0.1, 0.15) is 27.2 Å². The molecule has 1 atom stereocenters. The molecule has 98 valence electrons. The van der Waals surface area contributed by atoms with Gasteiger partial charge in [-0.05, 0) is 33.7 Å². The first-order valence-corrected chi connectivity index (χ1v) is 5.84. The van der Waals surface area contributed by atoms with Crippen molar-refractivity contribution in [3.63, 3.8) is 0 Å². The number of hydrogen-bond acceptors (Lipinski definition) is 4. The van der Waals surface area contributed by atoms with Crippen molar-refractivity contribution >= 4 is 12.0 Å². The molecular weight excluding hydrogens is 222 g/mol. The van der Waals surface area contributed by atoms with Crippen molar-refractivity contribution in [1.82, 2.24) is 16.0 Å². The van der Waals surface area contributed by atoms with E-state index in [1.54, 1.807) is 20.8 Å². The summed E-state index contributed by atoms with van der Waals surface area (Å²) in [5.74, 6) is -0.190. The van der Waals surface area contributed by atoms with Gasteiger partial charge in [0.15, 0.2) is 0 Å². The van der Waals surface area contributed by atoms with Crippen LogP contribution in [-0.2, 0) is 9.53 Å². The lowest BCUT2D eigenvalue weighted by Crippen LogP contribution is -2.43. The molecular formula is C11H21N3O3. The van der Waals surface area contributed by atoms with E-state index < -0.39 is 11.7 Å². The summed E-state index contributed by atoms with van der Waals surface area (Å²) >= 11 is 0. The molecule has 6 nitrogen and oxygen atoms in total. The summed E-state index contributed by atoms with van der Waals surface area (Å²) in [6.45, 7) is 6.98. The van der Waals surface area contributed by atoms with Crippen molar-refractivity contribution in [3.05, 3.63) is 0 Å². The fraction of sp³-hybridized carbons (Fsp3) is 0.818. The number of carbonyl (C=O) groups excluding carboxylic acids is 2. The smallest absolute Gasteiger partial charge is 0.408 e. The molecule has 17 heavy (non-hydrogen) atoms. The molecule has 3 N–H and O–H groups in total. The normalized spacial score (nSPS) is 19.8.